The number of sulfonamides is 1. The first-order chi connectivity index (χ1) is 10.4. The lowest BCUT2D eigenvalue weighted by atomic mass is 10.1. The molecule has 1 atom stereocenters. The number of hydrogen-bond acceptors (Lipinski definition) is 5. The molecule has 1 aliphatic carbocycles. The van der Waals surface area contributed by atoms with Crippen molar-refractivity contribution < 1.29 is 23.1 Å². The van der Waals surface area contributed by atoms with Gasteiger partial charge in [0.2, 0.25) is 10.0 Å². The number of aromatic amines is 1. The van der Waals surface area contributed by atoms with E-state index in [2.05, 4.69) is 14.7 Å². The van der Waals surface area contributed by atoms with Crippen LogP contribution in [0.5, 0.6) is 0 Å². The number of aromatic nitrogens is 2. The van der Waals surface area contributed by atoms with Gasteiger partial charge in [0.1, 0.15) is 12.3 Å². The summed E-state index contributed by atoms with van der Waals surface area (Å²) < 4.78 is 26.8. The Hall–Kier alpha value is -2.26. The van der Waals surface area contributed by atoms with Gasteiger partial charge in [-0.1, -0.05) is 6.08 Å². The maximum Gasteiger partial charge on any atom is 0.322 e. The van der Waals surface area contributed by atoms with Crippen LogP contribution in [0.1, 0.15) is 18.5 Å². The molecule has 1 aromatic rings. The topological polar surface area (TPSA) is 129 Å². The molecule has 2 rings (SSSR count). The SMILES string of the molecule is O=CC1=C(S(=O)(=O)NC(Cc2cnc[nH]2)C(=O)O)C=CCC1. The van der Waals surface area contributed by atoms with Crippen molar-refractivity contribution in [1.29, 1.82) is 0 Å². The highest BCUT2D eigenvalue weighted by atomic mass is 32.2. The molecule has 0 aliphatic heterocycles. The molecule has 0 spiro atoms. The smallest absolute Gasteiger partial charge is 0.322 e. The molecule has 1 aromatic heterocycles. The Balaban J connectivity index is 2.25. The van der Waals surface area contributed by atoms with E-state index in [-0.39, 0.29) is 16.9 Å². The Morgan fingerprint density at radius 2 is 2.32 bits per heavy atom. The summed E-state index contributed by atoms with van der Waals surface area (Å²) in [6.45, 7) is 0. The van der Waals surface area contributed by atoms with Crippen molar-refractivity contribution in [2.24, 2.45) is 0 Å². The summed E-state index contributed by atoms with van der Waals surface area (Å²) >= 11 is 0. The predicted molar refractivity (Wildman–Crippen MR) is 77.2 cm³/mol. The molecule has 9 heteroatoms. The van der Waals surface area contributed by atoms with Crippen LogP contribution in [-0.2, 0) is 26.0 Å². The fourth-order valence-corrected chi connectivity index (χ4v) is 3.54. The number of allylic oxidation sites excluding steroid dienone is 3. The Bertz CT molecular complexity index is 719. The summed E-state index contributed by atoms with van der Waals surface area (Å²) in [5, 5.41) is 9.19. The largest absolute Gasteiger partial charge is 0.480 e. The second-order valence-electron chi connectivity index (χ2n) is 4.74. The van der Waals surface area contributed by atoms with Crippen LogP contribution in [0.25, 0.3) is 0 Å². The molecular formula is C13H15N3O5S. The zero-order valence-electron chi connectivity index (χ0n) is 11.5. The molecular weight excluding hydrogens is 310 g/mol. The van der Waals surface area contributed by atoms with Crippen molar-refractivity contribution in [3.63, 3.8) is 0 Å². The highest BCUT2D eigenvalue weighted by Gasteiger charge is 2.29. The van der Waals surface area contributed by atoms with Crippen LogP contribution in [0.3, 0.4) is 0 Å². The standard InChI is InChI=1S/C13H15N3O5S/c17-7-9-3-1-2-4-12(9)22(20,21)16-11(13(18)19)5-10-6-14-8-15-10/h2,4,6-8,11,16H,1,3,5H2,(H,14,15)(H,18,19). The number of aliphatic carboxylic acids is 1. The number of nitrogens with zero attached hydrogens (tertiary/aromatic N) is 1. The number of carbonyl (C=O) groups excluding carboxylic acids is 1. The van der Waals surface area contributed by atoms with E-state index in [1.807, 2.05) is 0 Å². The van der Waals surface area contributed by atoms with Crippen molar-refractivity contribution in [2.75, 3.05) is 0 Å². The molecule has 0 saturated heterocycles. The number of nitrogens with one attached hydrogen (secondary N) is 2. The van der Waals surface area contributed by atoms with Gasteiger partial charge in [-0.2, -0.15) is 4.72 Å². The molecule has 0 aromatic carbocycles. The van der Waals surface area contributed by atoms with Gasteiger partial charge in [0, 0.05) is 23.9 Å². The van der Waals surface area contributed by atoms with E-state index >= 15 is 0 Å². The van der Waals surface area contributed by atoms with Crippen molar-refractivity contribution in [3.05, 3.63) is 40.8 Å². The van der Waals surface area contributed by atoms with Crippen LogP contribution in [-0.4, -0.2) is 41.8 Å². The lowest BCUT2D eigenvalue weighted by Crippen LogP contribution is -2.43. The third kappa shape index (κ3) is 3.68. The summed E-state index contributed by atoms with van der Waals surface area (Å²) in [6, 6.07) is -1.36. The summed E-state index contributed by atoms with van der Waals surface area (Å²) in [4.78, 5) is 28.5. The fourth-order valence-electron chi connectivity index (χ4n) is 2.08. The first-order valence-corrected chi connectivity index (χ1v) is 7.99. The first-order valence-electron chi connectivity index (χ1n) is 6.51. The maximum absolute atomic E-state index is 12.3. The second kappa shape index (κ2) is 6.67. The average molecular weight is 325 g/mol. The van der Waals surface area contributed by atoms with E-state index in [9.17, 15) is 23.1 Å². The van der Waals surface area contributed by atoms with E-state index in [1.54, 1.807) is 6.08 Å². The molecule has 118 valence electrons. The maximum atomic E-state index is 12.3. The number of carboxylic acid groups (broad SMARTS) is 1. The predicted octanol–water partition coefficient (Wildman–Crippen LogP) is 0.128. The number of H-pyrrole nitrogens is 1. The summed E-state index contributed by atoms with van der Waals surface area (Å²) in [7, 11) is -4.10. The minimum Gasteiger partial charge on any atom is -0.480 e. The van der Waals surface area contributed by atoms with Gasteiger partial charge < -0.3 is 10.1 Å². The summed E-state index contributed by atoms with van der Waals surface area (Å²) in [6.07, 6.45) is 7.04. The average Bonchev–Trinajstić information content (AvgIpc) is 2.99. The number of imidazole rings is 1. The Labute approximate surface area is 127 Å². The summed E-state index contributed by atoms with van der Waals surface area (Å²) in [5.41, 5.74) is 0.625. The van der Waals surface area contributed by atoms with Gasteiger partial charge in [0.25, 0.3) is 0 Å². The van der Waals surface area contributed by atoms with Gasteiger partial charge in [-0.25, -0.2) is 13.4 Å². The number of hydrogen-bond donors (Lipinski definition) is 3. The van der Waals surface area contributed by atoms with Crippen LogP contribution in [0, 0.1) is 0 Å². The molecule has 0 radical (unpaired) electrons. The third-order valence-electron chi connectivity index (χ3n) is 3.17. The van der Waals surface area contributed by atoms with Gasteiger partial charge >= 0.3 is 5.97 Å². The van der Waals surface area contributed by atoms with Gasteiger partial charge in [0.05, 0.1) is 11.2 Å². The van der Waals surface area contributed by atoms with E-state index in [4.69, 9.17) is 0 Å². The Morgan fingerprint density at radius 3 is 2.91 bits per heavy atom. The Kier molecular flexibility index (Phi) is 4.88. The lowest BCUT2D eigenvalue weighted by Gasteiger charge is -2.17. The minimum atomic E-state index is -4.10. The molecule has 22 heavy (non-hydrogen) atoms. The molecule has 1 heterocycles. The van der Waals surface area contributed by atoms with E-state index < -0.39 is 22.0 Å². The normalized spacial score (nSPS) is 16.5. The monoisotopic (exact) mass is 325 g/mol. The zero-order chi connectivity index (χ0) is 16.2. The van der Waals surface area contributed by atoms with E-state index in [1.165, 1.54) is 18.6 Å². The first kappa shape index (κ1) is 16.1. The van der Waals surface area contributed by atoms with E-state index in [0.717, 1.165) is 0 Å². The van der Waals surface area contributed by atoms with Crippen molar-refractivity contribution in [2.45, 2.75) is 25.3 Å². The molecule has 1 aliphatic rings. The summed E-state index contributed by atoms with van der Waals surface area (Å²) in [5.74, 6) is -1.31. The van der Waals surface area contributed by atoms with Crippen LogP contribution < -0.4 is 4.72 Å². The van der Waals surface area contributed by atoms with Gasteiger partial charge in [0.15, 0.2) is 0 Å². The highest BCUT2D eigenvalue weighted by molar-refractivity contribution is 7.93. The Morgan fingerprint density at radius 1 is 1.55 bits per heavy atom. The second-order valence-corrected chi connectivity index (χ2v) is 6.42. The quantitative estimate of drug-likeness (QED) is 0.611. The third-order valence-corrected chi connectivity index (χ3v) is 4.74. The lowest BCUT2D eigenvalue weighted by molar-refractivity contribution is -0.138. The minimum absolute atomic E-state index is 0.0814. The van der Waals surface area contributed by atoms with Crippen LogP contribution in [0.2, 0.25) is 0 Å². The van der Waals surface area contributed by atoms with Crippen LogP contribution in [0.4, 0.5) is 0 Å². The van der Waals surface area contributed by atoms with Gasteiger partial charge in [-0.3, -0.25) is 9.59 Å². The molecule has 0 fully saturated rings. The number of rotatable bonds is 7. The number of aldehydes is 1. The fraction of sp³-hybridized carbons (Fsp3) is 0.308. The molecule has 0 amide bonds. The molecule has 0 bridgehead atoms. The van der Waals surface area contributed by atoms with E-state index in [0.29, 0.717) is 24.8 Å². The zero-order valence-corrected chi connectivity index (χ0v) is 12.3. The van der Waals surface area contributed by atoms with Crippen molar-refractivity contribution in [3.8, 4) is 0 Å². The van der Waals surface area contributed by atoms with Gasteiger partial charge in [-0.15, -0.1) is 0 Å². The van der Waals surface area contributed by atoms with Crippen molar-refractivity contribution in [1.82, 2.24) is 14.7 Å². The molecule has 1 unspecified atom stereocenters. The van der Waals surface area contributed by atoms with Gasteiger partial charge in [-0.05, 0) is 18.9 Å². The molecule has 8 nitrogen and oxygen atoms in total. The number of carboxylic acids is 1. The highest BCUT2D eigenvalue weighted by Crippen LogP contribution is 2.21. The molecule has 3 N–H and O–H groups in total. The van der Waals surface area contributed by atoms with Crippen LogP contribution in [0.15, 0.2) is 35.2 Å². The van der Waals surface area contributed by atoms with Crippen molar-refractivity contribution >= 4 is 22.3 Å². The number of carbonyl (C=O) groups is 2. The van der Waals surface area contributed by atoms with Crippen LogP contribution >= 0.6 is 0 Å². The molecule has 0 saturated carbocycles.